The van der Waals surface area contributed by atoms with E-state index in [1.807, 2.05) is 60.8 Å². The predicted octanol–water partition coefficient (Wildman–Crippen LogP) is 5.78. The van der Waals surface area contributed by atoms with Gasteiger partial charge in [-0.15, -0.1) is 0 Å². The molecule has 4 rings (SSSR count). The Morgan fingerprint density at radius 2 is 1.56 bits per heavy atom. The molecule has 0 aliphatic rings. The van der Waals surface area contributed by atoms with E-state index < -0.39 is 0 Å². The summed E-state index contributed by atoms with van der Waals surface area (Å²) in [4.78, 5) is 13.6. The Balaban J connectivity index is 1.60. The van der Waals surface area contributed by atoms with Crippen LogP contribution in [0.4, 0.5) is 0 Å². The average Bonchev–Trinajstić information content (AvgIpc) is 2.67. The fourth-order valence-electron chi connectivity index (χ4n) is 2.84. The molecule has 27 heavy (non-hydrogen) atoms. The fraction of sp³-hybridized carbons (Fsp3) is 0.174. The number of aromatic nitrogens is 3. The van der Waals surface area contributed by atoms with Crippen LogP contribution in [0.15, 0.2) is 72.9 Å². The summed E-state index contributed by atoms with van der Waals surface area (Å²) in [6.45, 7) is 6.58. The number of hydrogen-bond donors (Lipinski definition) is 0. The van der Waals surface area contributed by atoms with Gasteiger partial charge in [0.25, 0.3) is 0 Å². The van der Waals surface area contributed by atoms with E-state index in [2.05, 4.69) is 47.9 Å². The zero-order valence-electron chi connectivity index (χ0n) is 15.7. The molecule has 0 saturated carbocycles. The Kier molecular flexibility index (Phi) is 4.32. The van der Waals surface area contributed by atoms with E-state index in [-0.39, 0.29) is 5.41 Å². The molecule has 0 unspecified atom stereocenters. The highest BCUT2D eigenvalue weighted by Gasteiger charge is 2.13. The van der Waals surface area contributed by atoms with Crippen molar-refractivity contribution in [3.63, 3.8) is 0 Å². The Labute approximate surface area is 158 Å². The summed E-state index contributed by atoms with van der Waals surface area (Å²) in [5, 5.41) is 1.01. The van der Waals surface area contributed by atoms with Gasteiger partial charge in [0.15, 0.2) is 5.82 Å². The Hall–Kier alpha value is -3.27. The van der Waals surface area contributed by atoms with E-state index in [0.717, 1.165) is 16.7 Å². The summed E-state index contributed by atoms with van der Waals surface area (Å²) < 4.78 is 5.93. The summed E-state index contributed by atoms with van der Waals surface area (Å²) in [7, 11) is 0. The number of hydrogen-bond acceptors (Lipinski definition) is 4. The SMILES string of the molecule is CC(C)(C)c1ccc(Oc2cccc(-c3ncc4ccccc4n3)n2)cc1. The molecular formula is C23H21N3O. The average molecular weight is 355 g/mol. The maximum Gasteiger partial charge on any atom is 0.219 e. The highest BCUT2D eigenvalue weighted by molar-refractivity contribution is 5.79. The van der Waals surface area contributed by atoms with Crippen LogP contribution < -0.4 is 4.74 Å². The first-order valence-corrected chi connectivity index (χ1v) is 8.97. The largest absolute Gasteiger partial charge is 0.439 e. The van der Waals surface area contributed by atoms with Gasteiger partial charge in [-0.2, -0.15) is 0 Å². The third-order valence-corrected chi connectivity index (χ3v) is 4.38. The molecule has 2 aromatic carbocycles. The van der Waals surface area contributed by atoms with Gasteiger partial charge in [0.05, 0.1) is 5.52 Å². The molecule has 0 amide bonds. The van der Waals surface area contributed by atoms with Gasteiger partial charge in [0.2, 0.25) is 5.88 Å². The lowest BCUT2D eigenvalue weighted by atomic mass is 9.87. The van der Waals surface area contributed by atoms with E-state index in [9.17, 15) is 0 Å². The van der Waals surface area contributed by atoms with Crippen LogP contribution in [0.25, 0.3) is 22.4 Å². The van der Waals surface area contributed by atoms with Crippen molar-refractivity contribution in [2.45, 2.75) is 26.2 Å². The van der Waals surface area contributed by atoms with Gasteiger partial charge in [0, 0.05) is 17.6 Å². The highest BCUT2D eigenvalue weighted by atomic mass is 16.5. The molecule has 0 saturated heterocycles. The summed E-state index contributed by atoms with van der Waals surface area (Å²) in [5.74, 6) is 1.86. The molecule has 0 spiro atoms. The zero-order chi connectivity index (χ0) is 18.9. The van der Waals surface area contributed by atoms with Gasteiger partial charge >= 0.3 is 0 Å². The first-order chi connectivity index (χ1) is 13.0. The van der Waals surface area contributed by atoms with Crippen LogP contribution in [0.3, 0.4) is 0 Å². The minimum absolute atomic E-state index is 0.115. The molecule has 2 heterocycles. The van der Waals surface area contributed by atoms with Crippen LogP contribution in [0.2, 0.25) is 0 Å². The van der Waals surface area contributed by atoms with Gasteiger partial charge in [0.1, 0.15) is 11.4 Å². The number of fused-ring (bicyclic) bond motifs is 1. The Morgan fingerprint density at radius 1 is 0.778 bits per heavy atom. The lowest BCUT2D eigenvalue weighted by molar-refractivity contribution is 0.462. The van der Waals surface area contributed by atoms with E-state index >= 15 is 0 Å². The van der Waals surface area contributed by atoms with Crippen LogP contribution in [0.5, 0.6) is 11.6 Å². The maximum atomic E-state index is 5.93. The monoisotopic (exact) mass is 355 g/mol. The standard InChI is InChI=1S/C23H21N3O/c1-23(2,3)17-11-13-18(14-12-17)27-21-10-6-9-20(25-21)22-24-15-16-7-4-5-8-19(16)26-22/h4-15H,1-3H3. The van der Waals surface area contributed by atoms with Crippen molar-refractivity contribution < 1.29 is 4.74 Å². The third kappa shape index (κ3) is 3.80. The van der Waals surface area contributed by atoms with Gasteiger partial charge in [-0.25, -0.2) is 15.0 Å². The van der Waals surface area contributed by atoms with Crippen LogP contribution >= 0.6 is 0 Å². The molecular weight excluding hydrogens is 334 g/mol. The number of ether oxygens (including phenoxy) is 1. The van der Waals surface area contributed by atoms with Gasteiger partial charge < -0.3 is 4.74 Å². The molecule has 0 N–H and O–H groups in total. The summed E-state index contributed by atoms with van der Waals surface area (Å²) in [6.07, 6.45) is 1.82. The molecule has 0 aliphatic heterocycles. The van der Waals surface area contributed by atoms with Crippen molar-refractivity contribution in [3.8, 4) is 23.1 Å². The summed E-state index contributed by atoms with van der Waals surface area (Å²) in [6, 6.07) is 21.7. The summed E-state index contributed by atoms with van der Waals surface area (Å²) >= 11 is 0. The van der Waals surface area contributed by atoms with Crippen molar-refractivity contribution in [3.05, 3.63) is 78.5 Å². The van der Waals surface area contributed by atoms with E-state index in [4.69, 9.17) is 4.74 Å². The van der Waals surface area contributed by atoms with Crippen molar-refractivity contribution >= 4 is 10.9 Å². The molecule has 0 fully saturated rings. The fourth-order valence-corrected chi connectivity index (χ4v) is 2.84. The molecule has 0 radical (unpaired) electrons. The van der Waals surface area contributed by atoms with Crippen LogP contribution in [0, 0.1) is 0 Å². The van der Waals surface area contributed by atoms with Crippen molar-refractivity contribution in [1.29, 1.82) is 0 Å². The third-order valence-electron chi connectivity index (χ3n) is 4.38. The minimum atomic E-state index is 0.115. The number of pyridine rings is 1. The number of nitrogens with zero attached hydrogens (tertiary/aromatic N) is 3. The number of rotatable bonds is 3. The normalized spacial score (nSPS) is 11.5. The van der Waals surface area contributed by atoms with Crippen LogP contribution in [-0.2, 0) is 5.41 Å². The van der Waals surface area contributed by atoms with Gasteiger partial charge in [-0.05, 0) is 35.2 Å². The molecule has 4 nitrogen and oxygen atoms in total. The topological polar surface area (TPSA) is 47.9 Å². The second kappa shape index (κ2) is 6.80. The van der Waals surface area contributed by atoms with Gasteiger partial charge in [-0.1, -0.05) is 57.2 Å². The predicted molar refractivity (Wildman–Crippen MR) is 108 cm³/mol. The molecule has 4 heteroatoms. The lowest BCUT2D eigenvalue weighted by Crippen LogP contribution is -2.10. The Bertz CT molecular complexity index is 1080. The van der Waals surface area contributed by atoms with Crippen molar-refractivity contribution in [1.82, 2.24) is 15.0 Å². The quantitative estimate of drug-likeness (QED) is 0.467. The second-order valence-corrected chi connectivity index (χ2v) is 7.49. The molecule has 0 aliphatic carbocycles. The highest BCUT2D eigenvalue weighted by Crippen LogP contribution is 2.27. The first kappa shape index (κ1) is 17.2. The number of benzene rings is 2. The minimum Gasteiger partial charge on any atom is -0.439 e. The molecule has 134 valence electrons. The van der Waals surface area contributed by atoms with Crippen molar-refractivity contribution in [2.75, 3.05) is 0 Å². The van der Waals surface area contributed by atoms with E-state index in [1.54, 1.807) is 0 Å². The van der Waals surface area contributed by atoms with E-state index in [0.29, 0.717) is 17.4 Å². The molecule has 0 bridgehead atoms. The second-order valence-electron chi connectivity index (χ2n) is 7.49. The van der Waals surface area contributed by atoms with Crippen molar-refractivity contribution in [2.24, 2.45) is 0 Å². The Morgan fingerprint density at radius 3 is 2.33 bits per heavy atom. The van der Waals surface area contributed by atoms with E-state index in [1.165, 1.54) is 5.56 Å². The molecule has 4 aromatic rings. The summed E-state index contributed by atoms with van der Waals surface area (Å²) in [5.41, 5.74) is 2.96. The molecule has 0 atom stereocenters. The maximum absolute atomic E-state index is 5.93. The van der Waals surface area contributed by atoms with Crippen LogP contribution in [-0.4, -0.2) is 15.0 Å². The molecule has 2 aromatic heterocycles. The first-order valence-electron chi connectivity index (χ1n) is 8.97. The van der Waals surface area contributed by atoms with Gasteiger partial charge in [-0.3, -0.25) is 0 Å². The number of para-hydroxylation sites is 1. The zero-order valence-corrected chi connectivity index (χ0v) is 15.7. The van der Waals surface area contributed by atoms with Crippen LogP contribution in [0.1, 0.15) is 26.3 Å². The lowest BCUT2D eigenvalue weighted by Gasteiger charge is -2.19. The smallest absolute Gasteiger partial charge is 0.219 e.